The van der Waals surface area contributed by atoms with Crippen LogP contribution in [-0.4, -0.2) is 45.2 Å². The zero-order chi connectivity index (χ0) is 25.8. The maximum Gasteiger partial charge on any atom is 0.342 e. The van der Waals surface area contributed by atoms with Gasteiger partial charge in [-0.3, -0.25) is 4.79 Å². The maximum atomic E-state index is 12.8. The third-order valence-corrected chi connectivity index (χ3v) is 4.90. The Balaban J connectivity index is 0.000000662. The van der Waals surface area contributed by atoms with Crippen molar-refractivity contribution < 1.29 is 33.3 Å². The Labute approximate surface area is 213 Å². The van der Waals surface area contributed by atoms with Crippen molar-refractivity contribution in [1.82, 2.24) is 0 Å². The van der Waals surface area contributed by atoms with E-state index in [1.54, 1.807) is 18.2 Å². The van der Waals surface area contributed by atoms with E-state index >= 15 is 0 Å². The number of carbonyl (C=O) groups excluding carboxylic acids is 2. The number of ether oxygens (including phenoxy) is 5. The number of esters is 1. The highest BCUT2D eigenvalue weighted by molar-refractivity contribution is 5.98. The highest BCUT2D eigenvalue weighted by Crippen LogP contribution is 2.31. The smallest absolute Gasteiger partial charge is 0.342 e. The third kappa shape index (κ3) is 11.3. The number of rotatable bonds is 8. The van der Waals surface area contributed by atoms with Crippen LogP contribution in [0.2, 0.25) is 0 Å². The number of hydrogen-bond donors (Lipinski definition) is 0. The molecule has 0 aromatic heterocycles. The molecule has 0 bridgehead atoms. The maximum absolute atomic E-state index is 12.8. The second kappa shape index (κ2) is 17.9. The SMILES string of the molecule is CCOCOc1cc2c(c(OCOCC)c1)C(=O)OCC/C=C/CC/C=C/C(=O)C2.c1ccccc1. The van der Waals surface area contributed by atoms with E-state index in [1.807, 2.05) is 68.5 Å². The number of fused-ring (bicyclic) bond motifs is 1. The number of benzene rings is 2. The molecular formula is C29H36O7. The fourth-order valence-corrected chi connectivity index (χ4v) is 3.16. The highest BCUT2D eigenvalue weighted by Gasteiger charge is 2.23. The van der Waals surface area contributed by atoms with Gasteiger partial charge in [0.05, 0.1) is 6.61 Å². The molecule has 0 atom stereocenters. The molecule has 7 heteroatoms. The van der Waals surface area contributed by atoms with E-state index in [0.29, 0.717) is 30.9 Å². The molecule has 1 aliphatic heterocycles. The second-order valence-corrected chi connectivity index (χ2v) is 7.64. The van der Waals surface area contributed by atoms with Gasteiger partial charge in [-0.25, -0.2) is 4.79 Å². The molecule has 0 fully saturated rings. The molecule has 1 aliphatic rings. The standard InChI is InChI=1S/C23H30O7.C6H6/c1-3-26-16-29-20-14-18-13-19(24)11-9-7-5-6-8-10-12-28-23(25)22(18)21(15-20)30-17-27-4-2;1-2-4-6-5-3-1/h6,8-9,11,14-15H,3-5,7,10,12-13,16-17H2,1-2H3;1-6H/b8-6+,11-9+;. The lowest BCUT2D eigenvalue weighted by atomic mass is 10.00. The van der Waals surface area contributed by atoms with E-state index < -0.39 is 5.97 Å². The van der Waals surface area contributed by atoms with Gasteiger partial charge in [0.15, 0.2) is 19.4 Å². The van der Waals surface area contributed by atoms with Crippen LogP contribution >= 0.6 is 0 Å². The van der Waals surface area contributed by atoms with E-state index in [1.165, 1.54) is 0 Å². The Bertz CT molecular complexity index is 940. The van der Waals surface area contributed by atoms with Crippen molar-refractivity contribution in [2.75, 3.05) is 33.4 Å². The minimum atomic E-state index is -0.546. The average Bonchev–Trinajstić information content (AvgIpc) is 2.89. The third-order valence-electron chi connectivity index (χ3n) is 4.90. The zero-order valence-electron chi connectivity index (χ0n) is 21.1. The monoisotopic (exact) mass is 496 g/mol. The molecule has 36 heavy (non-hydrogen) atoms. The summed E-state index contributed by atoms with van der Waals surface area (Å²) in [6.45, 7) is 4.91. The van der Waals surface area contributed by atoms with E-state index in [2.05, 4.69) is 0 Å². The Morgan fingerprint density at radius 3 is 2.06 bits per heavy atom. The molecule has 0 saturated carbocycles. The number of allylic oxidation sites excluding steroid dienone is 3. The van der Waals surface area contributed by atoms with Crippen molar-refractivity contribution >= 4 is 11.8 Å². The molecule has 0 N–H and O–H groups in total. The quantitative estimate of drug-likeness (QED) is 0.201. The van der Waals surface area contributed by atoms with Crippen molar-refractivity contribution in [3.05, 3.63) is 84.0 Å². The van der Waals surface area contributed by atoms with Gasteiger partial charge >= 0.3 is 5.97 Å². The van der Waals surface area contributed by atoms with E-state index in [9.17, 15) is 9.59 Å². The second-order valence-electron chi connectivity index (χ2n) is 7.64. The molecule has 0 amide bonds. The van der Waals surface area contributed by atoms with Gasteiger partial charge in [-0.2, -0.15) is 0 Å². The first kappa shape index (κ1) is 28.8. The van der Waals surface area contributed by atoms with Gasteiger partial charge in [0, 0.05) is 25.7 Å². The van der Waals surface area contributed by atoms with Crippen LogP contribution in [0.1, 0.15) is 49.0 Å². The highest BCUT2D eigenvalue weighted by atomic mass is 16.7. The van der Waals surface area contributed by atoms with Crippen LogP contribution in [0.5, 0.6) is 11.5 Å². The summed E-state index contributed by atoms with van der Waals surface area (Å²) < 4.78 is 27.2. The van der Waals surface area contributed by atoms with E-state index in [4.69, 9.17) is 23.7 Å². The van der Waals surface area contributed by atoms with E-state index in [-0.39, 0.29) is 43.7 Å². The van der Waals surface area contributed by atoms with E-state index in [0.717, 1.165) is 12.8 Å². The first-order chi connectivity index (χ1) is 17.7. The summed E-state index contributed by atoms with van der Waals surface area (Å²) in [4.78, 5) is 25.3. The molecule has 1 heterocycles. The van der Waals surface area contributed by atoms with Gasteiger partial charge in [-0.15, -0.1) is 0 Å². The lowest BCUT2D eigenvalue weighted by Crippen LogP contribution is -2.15. The number of carbonyl (C=O) groups is 2. The van der Waals surface area contributed by atoms with Crippen molar-refractivity contribution in [3.8, 4) is 11.5 Å². The van der Waals surface area contributed by atoms with Crippen molar-refractivity contribution in [1.29, 1.82) is 0 Å². The van der Waals surface area contributed by atoms with Crippen LogP contribution in [0.4, 0.5) is 0 Å². The minimum Gasteiger partial charge on any atom is -0.467 e. The Morgan fingerprint density at radius 1 is 0.778 bits per heavy atom. The molecule has 0 saturated heterocycles. The molecule has 0 aliphatic carbocycles. The summed E-state index contributed by atoms with van der Waals surface area (Å²) in [6, 6.07) is 15.2. The molecule has 2 aromatic carbocycles. The Kier molecular flexibility index (Phi) is 14.4. The number of ketones is 1. The number of hydrogen-bond acceptors (Lipinski definition) is 7. The van der Waals surface area contributed by atoms with Gasteiger partial charge < -0.3 is 23.7 Å². The van der Waals surface area contributed by atoms with Crippen LogP contribution in [0.3, 0.4) is 0 Å². The van der Waals surface area contributed by atoms with Gasteiger partial charge in [-0.05, 0) is 50.8 Å². The topological polar surface area (TPSA) is 80.3 Å². The zero-order valence-corrected chi connectivity index (χ0v) is 21.1. The fraction of sp³-hybridized carbons (Fsp3) is 0.379. The Hall–Kier alpha value is -3.42. The van der Waals surface area contributed by atoms with Crippen LogP contribution < -0.4 is 9.47 Å². The molecule has 0 spiro atoms. The first-order valence-electron chi connectivity index (χ1n) is 12.2. The van der Waals surface area contributed by atoms with Crippen molar-refractivity contribution in [2.45, 2.75) is 39.5 Å². The van der Waals surface area contributed by atoms with Gasteiger partial charge in [0.2, 0.25) is 0 Å². The lowest BCUT2D eigenvalue weighted by molar-refractivity contribution is -0.114. The lowest BCUT2D eigenvalue weighted by Gasteiger charge is -2.17. The van der Waals surface area contributed by atoms with Gasteiger partial charge in [0.1, 0.15) is 17.1 Å². The molecular weight excluding hydrogens is 460 g/mol. The fourth-order valence-electron chi connectivity index (χ4n) is 3.16. The van der Waals surface area contributed by atoms with Gasteiger partial charge in [-0.1, -0.05) is 54.6 Å². The molecule has 0 unspecified atom stereocenters. The predicted molar refractivity (Wildman–Crippen MR) is 138 cm³/mol. The molecule has 194 valence electrons. The van der Waals surface area contributed by atoms with Crippen molar-refractivity contribution in [3.63, 3.8) is 0 Å². The largest absolute Gasteiger partial charge is 0.467 e. The summed E-state index contributed by atoms with van der Waals surface area (Å²) >= 11 is 0. The Morgan fingerprint density at radius 2 is 1.39 bits per heavy atom. The van der Waals surface area contributed by atoms with Crippen LogP contribution in [0, 0.1) is 0 Å². The average molecular weight is 497 g/mol. The first-order valence-corrected chi connectivity index (χ1v) is 12.2. The number of cyclic esters (lactones) is 1. The normalized spacial score (nSPS) is 15.8. The van der Waals surface area contributed by atoms with Crippen LogP contribution in [0.25, 0.3) is 0 Å². The molecule has 2 aromatic rings. The van der Waals surface area contributed by atoms with Gasteiger partial charge in [0.25, 0.3) is 0 Å². The molecule has 7 nitrogen and oxygen atoms in total. The van der Waals surface area contributed by atoms with Crippen molar-refractivity contribution in [2.24, 2.45) is 0 Å². The van der Waals surface area contributed by atoms with Crippen LogP contribution in [0.15, 0.2) is 72.8 Å². The predicted octanol–water partition coefficient (Wildman–Crippen LogP) is 5.68. The summed E-state index contributed by atoms with van der Waals surface area (Å²) in [6.07, 6.45) is 9.62. The summed E-state index contributed by atoms with van der Waals surface area (Å²) in [5.74, 6) is 0.0112. The minimum absolute atomic E-state index is 0.0214. The molecule has 3 rings (SSSR count). The van der Waals surface area contributed by atoms with Crippen LogP contribution in [-0.2, 0) is 25.4 Å². The summed E-state index contributed by atoms with van der Waals surface area (Å²) in [7, 11) is 0. The summed E-state index contributed by atoms with van der Waals surface area (Å²) in [5.41, 5.74) is 0.684. The summed E-state index contributed by atoms with van der Waals surface area (Å²) in [5, 5.41) is 0. The molecule has 0 radical (unpaired) electrons.